The van der Waals surface area contributed by atoms with Gasteiger partial charge in [-0.3, -0.25) is 4.98 Å². The first-order chi connectivity index (χ1) is 19.0. The van der Waals surface area contributed by atoms with Gasteiger partial charge in [-0.2, -0.15) is 0 Å². The number of hydrogen-bond acceptors (Lipinski definition) is 4. The molecule has 6 rings (SSSR count). The Balaban J connectivity index is 1.36. The van der Waals surface area contributed by atoms with E-state index in [1.807, 2.05) is 104 Å². The third kappa shape index (κ3) is 5.01. The Labute approximate surface area is 238 Å². The lowest BCUT2D eigenvalue weighted by Crippen LogP contribution is -2.29. The Bertz CT molecular complexity index is 1620. The summed E-state index contributed by atoms with van der Waals surface area (Å²) in [6, 6.07) is 31.2. The molecule has 39 heavy (non-hydrogen) atoms. The zero-order valence-corrected chi connectivity index (χ0v) is 23.0. The number of nitrogens with one attached hydrogen (secondary N) is 1. The molecule has 2 aromatic heterocycles. The van der Waals surface area contributed by atoms with Crippen LogP contribution in [0.3, 0.4) is 0 Å². The van der Waals surface area contributed by atoms with Crippen molar-refractivity contribution in [2.45, 2.75) is 25.9 Å². The molecule has 3 heterocycles. The summed E-state index contributed by atoms with van der Waals surface area (Å²) < 4.78 is 12.5. The number of hydrogen-bond donors (Lipinski definition) is 1. The number of anilines is 1. The quantitative estimate of drug-likeness (QED) is 0.213. The number of furan rings is 1. The van der Waals surface area contributed by atoms with Gasteiger partial charge in [0.1, 0.15) is 29.1 Å². The Hall–Kier alpha value is -4.13. The second-order valence-corrected chi connectivity index (χ2v) is 10.3. The number of pyridine rings is 1. The summed E-state index contributed by atoms with van der Waals surface area (Å²) >= 11 is 12.3. The van der Waals surface area contributed by atoms with Crippen LogP contribution >= 0.6 is 23.8 Å². The van der Waals surface area contributed by atoms with Gasteiger partial charge in [-0.15, -0.1) is 0 Å². The van der Waals surface area contributed by atoms with Crippen molar-refractivity contribution in [3.63, 3.8) is 0 Å². The van der Waals surface area contributed by atoms with Gasteiger partial charge in [0.15, 0.2) is 5.11 Å². The van der Waals surface area contributed by atoms with Gasteiger partial charge >= 0.3 is 0 Å². The third-order valence-corrected chi connectivity index (χ3v) is 7.65. The minimum absolute atomic E-state index is 0.207. The van der Waals surface area contributed by atoms with Crippen LogP contribution in [0.1, 0.15) is 34.7 Å². The number of nitrogens with zero attached hydrogens (tertiary/aromatic N) is 2. The molecule has 5 aromatic rings. The van der Waals surface area contributed by atoms with Crippen LogP contribution in [0.4, 0.5) is 5.69 Å². The number of aryl methyl sites for hydroxylation is 1. The average Bonchev–Trinajstić information content (AvgIpc) is 3.57. The Morgan fingerprint density at radius 1 is 0.872 bits per heavy atom. The number of halogens is 1. The normalized spacial score (nSPS) is 16.8. The summed E-state index contributed by atoms with van der Waals surface area (Å²) in [5.74, 6) is 3.06. The Morgan fingerprint density at radius 3 is 2.33 bits per heavy atom. The van der Waals surface area contributed by atoms with Crippen LogP contribution < -0.4 is 15.0 Å². The monoisotopic (exact) mass is 551 g/mol. The Morgan fingerprint density at radius 2 is 1.62 bits per heavy atom. The molecule has 1 N–H and O–H groups in total. The van der Waals surface area contributed by atoms with Crippen LogP contribution in [0.2, 0.25) is 5.02 Å². The van der Waals surface area contributed by atoms with Gasteiger partial charge in [0.2, 0.25) is 0 Å². The number of thiocarbonyl (C=S) groups is 1. The molecule has 0 bridgehead atoms. The van der Waals surface area contributed by atoms with Gasteiger partial charge in [-0.1, -0.05) is 47.5 Å². The highest BCUT2D eigenvalue weighted by Crippen LogP contribution is 2.43. The lowest BCUT2D eigenvalue weighted by atomic mass is 10.0. The highest BCUT2D eigenvalue weighted by atomic mass is 35.5. The Kier molecular flexibility index (Phi) is 6.81. The van der Waals surface area contributed by atoms with E-state index in [-0.39, 0.29) is 12.1 Å². The molecule has 7 heteroatoms. The summed E-state index contributed by atoms with van der Waals surface area (Å²) in [5.41, 5.74) is 4.92. The van der Waals surface area contributed by atoms with Gasteiger partial charge in [0, 0.05) is 22.5 Å². The van der Waals surface area contributed by atoms with E-state index in [1.54, 1.807) is 6.20 Å². The molecule has 2 atom stereocenters. The molecular weight excluding hydrogens is 526 g/mol. The zero-order chi connectivity index (χ0) is 26.9. The average molecular weight is 552 g/mol. The molecule has 3 aromatic carbocycles. The SMILES string of the molecule is Cc1ccc(Oc2ccc(N3C(=S)N[C@@H](c4ccccn4)[C@H]3c3ccc(-c4cccc(Cl)c4C)o3)cc2)cc1. The van der Waals surface area contributed by atoms with Crippen molar-refractivity contribution in [3.05, 3.63) is 131 Å². The lowest BCUT2D eigenvalue weighted by molar-refractivity contribution is 0.439. The first-order valence-corrected chi connectivity index (χ1v) is 13.5. The number of aromatic nitrogens is 1. The maximum Gasteiger partial charge on any atom is 0.174 e. The summed E-state index contributed by atoms with van der Waals surface area (Å²) in [5, 5.41) is 4.78. The van der Waals surface area contributed by atoms with Crippen molar-refractivity contribution in [2.24, 2.45) is 0 Å². The molecule has 0 saturated carbocycles. The van der Waals surface area contributed by atoms with Crippen molar-refractivity contribution in [1.29, 1.82) is 0 Å². The van der Waals surface area contributed by atoms with Crippen LogP contribution in [0.25, 0.3) is 11.3 Å². The highest BCUT2D eigenvalue weighted by molar-refractivity contribution is 7.80. The van der Waals surface area contributed by atoms with Crippen molar-refractivity contribution in [3.8, 4) is 22.8 Å². The van der Waals surface area contributed by atoms with Crippen molar-refractivity contribution >= 4 is 34.6 Å². The summed E-state index contributed by atoms with van der Waals surface area (Å²) in [6.45, 7) is 4.05. The summed E-state index contributed by atoms with van der Waals surface area (Å²) in [7, 11) is 0. The fraction of sp³-hybridized carbons (Fsp3) is 0.125. The number of rotatable bonds is 6. The van der Waals surface area contributed by atoms with Gasteiger partial charge in [-0.25, -0.2) is 0 Å². The molecule has 0 spiro atoms. The van der Waals surface area contributed by atoms with Crippen LogP contribution in [0.5, 0.6) is 11.5 Å². The maximum atomic E-state index is 6.50. The van der Waals surface area contributed by atoms with Crippen LogP contribution in [-0.4, -0.2) is 10.1 Å². The van der Waals surface area contributed by atoms with Gasteiger partial charge in [-0.05, 0) is 98.4 Å². The minimum Gasteiger partial charge on any atom is -0.459 e. The van der Waals surface area contributed by atoms with Crippen molar-refractivity contribution < 1.29 is 9.15 Å². The van der Waals surface area contributed by atoms with Crippen molar-refractivity contribution in [2.75, 3.05) is 4.90 Å². The van der Waals surface area contributed by atoms with Gasteiger partial charge in [0.25, 0.3) is 0 Å². The van der Waals surface area contributed by atoms with Gasteiger partial charge in [0.05, 0.1) is 11.7 Å². The molecule has 0 amide bonds. The predicted molar refractivity (Wildman–Crippen MR) is 160 cm³/mol. The van der Waals surface area contributed by atoms with Crippen LogP contribution in [0.15, 0.2) is 108 Å². The number of ether oxygens (including phenoxy) is 1. The molecule has 1 fully saturated rings. The molecule has 1 saturated heterocycles. The lowest BCUT2D eigenvalue weighted by Gasteiger charge is -2.26. The van der Waals surface area contributed by atoms with E-state index >= 15 is 0 Å². The third-order valence-electron chi connectivity index (χ3n) is 6.92. The van der Waals surface area contributed by atoms with E-state index in [0.717, 1.165) is 45.5 Å². The molecule has 194 valence electrons. The summed E-state index contributed by atoms with van der Waals surface area (Å²) in [4.78, 5) is 6.71. The van der Waals surface area contributed by atoms with Crippen molar-refractivity contribution in [1.82, 2.24) is 10.3 Å². The topological polar surface area (TPSA) is 50.5 Å². The molecule has 1 aliphatic heterocycles. The summed E-state index contributed by atoms with van der Waals surface area (Å²) in [6.07, 6.45) is 1.79. The molecule has 5 nitrogen and oxygen atoms in total. The van der Waals surface area contributed by atoms with Crippen LogP contribution in [-0.2, 0) is 0 Å². The predicted octanol–water partition coefficient (Wildman–Crippen LogP) is 8.58. The highest BCUT2D eigenvalue weighted by Gasteiger charge is 2.42. The molecular formula is C32H26ClN3O2S. The standard InChI is InChI=1S/C32H26ClN3O2S/c1-20-9-13-23(14-10-20)37-24-15-11-22(12-16-24)36-31(30(35-32(36)39)27-8-3-4-19-34-27)29-18-17-28(38-29)25-6-5-7-26(33)21(25)2/h3-19,30-31H,1-2H3,(H,35,39)/t30-,31+/m0/s1. The first-order valence-electron chi connectivity index (χ1n) is 12.7. The van der Waals surface area contributed by atoms with Crippen LogP contribution in [0, 0.1) is 13.8 Å². The van der Waals surface area contributed by atoms with E-state index in [2.05, 4.69) is 22.1 Å². The maximum absolute atomic E-state index is 6.50. The van der Waals surface area contributed by atoms with E-state index in [0.29, 0.717) is 10.1 Å². The minimum atomic E-state index is -0.260. The molecule has 0 aliphatic carbocycles. The largest absolute Gasteiger partial charge is 0.459 e. The van der Waals surface area contributed by atoms with E-state index in [4.69, 9.17) is 33.0 Å². The molecule has 1 aliphatic rings. The molecule has 0 unspecified atom stereocenters. The second kappa shape index (κ2) is 10.6. The fourth-order valence-corrected chi connectivity index (χ4v) is 5.39. The first kappa shape index (κ1) is 25.2. The smallest absolute Gasteiger partial charge is 0.174 e. The van der Waals surface area contributed by atoms with E-state index < -0.39 is 0 Å². The van der Waals surface area contributed by atoms with E-state index in [1.165, 1.54) is 5.56 Å². The zero-order valence-electron chi connectivity index (χ0n) is 21.5. The number of benzene rings is 3. The second-order valence-electron chi connectivity index (χ2n) is 9.52. The molecule has 0 radical (unpaired) electrons. The fourth-order valence-electron chi connectivity index (χ4n) is 4.87. The van der Waals surface area contributed by atoms with Gasteiger partial charge < -0.3 is 19.4 Å². The van der Waals surface area contributed by atoms with E-state index in [9.17, 15) is 0 Å².